The van der Waals surface area contributed by atoms with Gasteiger partial charge in [0.05, 0.1) is 6.54 Å². The highest BCUT2D eigenvalue weighted by molar-refractivity contribution is 8.14. The number of thioether (sulfide) groups is 1. The second-order valence-corrected chi connectivity index (χ2v) is 8.64. The molecule has 2 amide bonds. The van der Waals surface area contributed by atoms with Crippen LogP contribution in [-0.4, -0.2) is 95.7 Å². The van der Waals surface area contributed by atoms with E-state index in [1.54, 1.807) is 29.8 Å². The predicted octanol–water partition coefficient (Wildman–Crippen LogP) is 1.17. The van der Waals surface area contributed by atoms with Crippen LogP contribution in [0.15, 0.2) is 28.5 Å². The average Bonchev–Trinajstić information content (AvgIpc) is 3.38. The Kier molecular flexibility index (Phi) is 5.67. The number of aliphatic imine (C=N–C) groups is 1. The molecule has 3 aliphatic heterocycles. The Hall–Kier alpha value is -1.91. The first kappa shape index (κ1) is 20.4. The van der Waals surface area contributed by atoms with Crippen molar-refractivity contribution in [2.45, 2.75) is 25.2 Å². The first-order chi connectivity index (χ1) is 13.9. The van der Waals surface area contributed by atoms with Crippen LogP contribution in [0.2, 0.25) is 0 Å². The van der Waals surface area contributed by atoms with Gasteiger partial charge in [-0.2, -0.15) is 0 Å². The molecule has 3 heterocycles. The van der Waals surface area contributed by atoms with E-state index in [9.17, 15) is 9.59 Å². The first-order valence-electron chi connectivity index (χ1n) is 9.85. The van der Waals surface area contributed by atoms with Gasteiger partial charge in [-0.15, -0.1) is 11.8 Å². The van der Waals surface area contributed by atoms with E-state index in [4.69, 9.17) is 4.74 Å². The van der Waals surface area contributed by atoms with E-state index < -0.39 is 18.0 Å². The summed E-state index contributed by atoms with van der Waals surface area (Å²) in [6.07, 6.45) is 2.50. The molecule has 0 spiro atoms. The summed E-state index contributed by atoms with van der Waals surface area (Å²) in [7, 11) is 1.60. The van der Waals surface area contributed by atoms with Crippen molar-refractivity contribution < 1.29 is 18.7 Å². The molecule has 158 valence electrons. The van der Waals surface area contributed by atoms with E-state index in [2.05, 4.69) is 15.2 Å². The molecule has 1 aliphatic carbocycles. The minimum absolute atomic E-state index is 0.0457. The molecule has 10 heteroatoms. The Balaban J connectivity index is 1.66. The van der Waals surface area contributed by atoms with Crippen molar-refractivity contribution in [1.82, 2.24) is 20.0 Å². The van der Waals surface area contributed by atoms with Gasteiger partial charge < -0.3 is 15.0 Å². The summed E-state index contributed by atoms with van der Waals surface area (Å²) in [4.78, 5) is 34.1. The van der Waals surface area contributed by atoms with Gasteiger partial charge >= 0.3 is 6.09 Å². The number of likely N-dealkylation sites (N-methyl/N-ethyl adjacent to an activating group) is 1. The van der Waals surface area contributed by atoms with Crippen LogP contribution in [0.1, 0.15) is 13.3 Å². The number of amides is 2. The van der Waals surface area contributed by atoms with Gasteiger partial charge in [0.15, 0.2) is 6.23 Å². The molecule has 0 aromatic rings. The topological polar surface area (TPSA) is 77.5 Å². The van der Waals surface area contributed by atoms with Gasteiger partial charge in [-0.1, -0.05) is 0 Å². The molecular weight excluding hydrogens is 397 g/mol. The van der Waals surface area contributed by atoms with Gasteiger partial charge in [0.25, 0.3) is 0 Å². The summed E-state index contributed by atoms with van der Waals surface area (Å²) < 4.78 is 20.8. The largest absolute Gasteiger partial charge is 0.423 e. The Bertz CT molecular complexity index is 795. The Labute approximate surface area is 173 Å². The zero-order valence-electron chi connectivity index (χ0n) is 16.7. The van der Waals surface area contributed by atoms with Crippen LogP contribution >= 0.6 is 11.8 Å². The molecule has 0 radical (unpaired) electrons. The number of rotatable bonds is 4. The van der Waals surface area contributed by atoms with Crippen molar-refractivity contribution in [2.75, 3.05) is 52.1 Å². The normalized spacial score (nSPS) is 30.6. The van der Waals surface area contributed by atoms with Crippen LogP contribution in [-0.2, 0) is 9.53 Å². The van der Waals surface area contributed by atoms with Crippen molar-refractivity contribution in [3.05, 3.63) is 23.6 Å². The van der Waals surface area contributed by atoms with E-state index in [-0.39, 0.29) is 24.7 Å². The Morgan fingerprint density at radius 3 is 2.83 bits per heavy atom. The molecule has 8 nitrogen and oxygen atoms in total. The van der Waals surface area contributed by atoms with Crippen LogP contribution in [0.25, 0.3) is 0 Å². The van der Waals surface area contributed by atoms with Crippen molar-refractivity contribution in [2.24, 2.45) is 4.99 Å². The second kappa shape index (κ2) is 8.08. The lowest BCUT2D eigenvalue weighted by Gasteiger charge is -2.49. The number of hydrogen-bond donors (Lipinski definition) is 1. The summed E-state index contributed by atoms with van der Waals surface area (Å²) in [5.41, 5.74) is -0.439. The molecule has 29 heavy (non-hydrogen) atoms. The molecule has 4 rings (SSSR count). The van der Waals surface area contributed by atoms with Crippen molar-refractivity contribution >= 4 is 28.8 Å². The number of ether oxygens (including phenoxy) is 1. The van der Waals surface area contributed by atoms with Gasteiger partial charge in [0, 0.05) is 64.4 Å². The van der Waals surface area contributed by atoms with Gasteiger partial charge in [0.2, 0.25) is 5.91 Å². The van der Waals surface area contributed by atoms with E-state index in [0.717, 1.165) is 23.9 Å². The Morgan fingerprint density at radius 1 is 1.45 bits per heavy atom. The monoisotopic (exact) mass is 423 g/mol. The number of cyclic esters (lactones) is 1. The Morgan fingerprint density at radius 2 is 2.21 bits per heavy atom. The first-order valence-corrected chi connectivity index (χ1v) is 10.8. The van der Waals surface area contributed by atoms with Gasteiger partial charge in [-0.05, 0) is 12.2 Å². The highest BCUT2D eigenvalue weighted by Gasteiger charge is 2.51. The second-order valence-electron chi connectivity index (χ2n) is 7.56. The minimum atomic E-state index is -0.955. The predicted molar refractivity (Wildman–Crippen MR) is 109 cm³/mol. The van der Waals surface area contributed by atoms with Gasteiger partial charge in [-0.25, -0.2) is 9.18 Å². The lowest BCUT2D eigenvalue weighted by atomic mass is 9.91. The molecule has 0 bridgehead atoms. The molecule has 2 saturated heterocycles. The summed E-state index contributed by atoms with van der Waals surface area (Å²) in [6.45, 7) is 5.20. The third kappa shape index (κ3) is 3.69. The van der Waals surface area contributed by atoms with Gasteiger partial charge in [-0.3, -0.25) is 19.6 Å². The third-order valence-electron chi connectivity index (χ3n) is 5.90. The maximum Gasteiger partial charge on any atom is 0.413 e. The summed E-state index contributed by atoms with van der Waals surface area (Å²) in [5, 5.41) is 4.03. The van der Waals surface area contributed by atoms with Crippen LogP contribution < -0.4 is 5.32 Å². The number of halogens is 1. The number of carbonyl (C=O) groups is 2. The van der Waals surface area contributed by atoms with Gasteiger partial charge in [0.1, 0.15) is 16.5 Å². The fraction of sp³-hybridized carbons (Fsp3) is 0.632. The molecule has 0 aromatic heterocycles. The zero-order chi connectivity index (χ0) is 20.6. The van der Waals surface area contributed by atoms with Crippen LogP contribution in [0.4, 0.5) is 9.18 Å². The molecule has 4 aliphatic rings. The van der Waals surface area contributed by atoms with E-state index in [0.29, 0.717) is 25.2 Å². The lowest BCUT2D eigenvalue weighted by molar-refractivity contribution is -0.134. The summed E-state index contributed by atoms with van der Waals surface area (Å²) in [5.74, 6) is 0.403. The standard InChI is InChI=1S/C19H26FN5O3S/c1-13(26)23(2)16-12-25(18(27)28-16)19(24-8-5-21-6-9-24)4-3-14(15(20)11-19)17-22-7-10-29-17/h3-4,16,21H,5-12H2,1-2H3. The number of carbonyl (C=O) groups excluding carboxylic acids is 2. The van der Waals surface area contributed by atoms with E-state index in [1.807, 2.05) is 6.08 Å². The number of hydrogen-bond acceptors (Lipinski definition) is 7. The quantitative estimate of drug-likeness (QED) is 0.732. The lowest BCUT2D eigenvalue weighted by Crippen LogP contribution is -2.64. The fourth-order valence-electron chi connectivity index (χ4n) is 4.17. The molecule has 2 fully saturated rings. The van der Waals surface area contributed by atoms with E-state index in [1.165, 1.54) is 11.8 Å². The molecule has 1 N–H and O–H groups in total. The smallest absolute Gasteiger partial charge is 0.413 e. The van der Waals surface area contributed by atoms with E-state index >= 15 is 4.39 Å². The maximum absolute atomic E-state index is 15.4. The zero-order valence-corrected chi connectivity index (χ0v) is 17.5. The molecular formula is C19H26FN5O3S. The summed E-state index contributed by atoms with van der Waals surface area (Å²) >= 11 is 1.56. The van der Waals surface area contributed by atoms with Crippen LogP contribution in [0, 0.1) is 0 Å². The third-order valence-corrected chi connectivity index (χ3v) is 6.91. The SMILES string of the molecule is CC(=O)N(C)C1CN(C2(N3CCNCC3)C=CC(C3=NCCS3)=C(F)C2)C(=O)O1. The number of allylic oxidation sites excluding steroid dienone is 1. The van der Waals surface area contributed by atoms with Crippen molar-refractivity contribution in [1.29, 1.82) is 0 Å². The number of nitrogens with zero attached hydrogens (tertiary/aromatic N) is 4. The number of nitrogens with one attached hydrogen (secondary N) is 1. The highest BCUT2D eigenvalue weighted by atomic mass is 32.2. The fourth-order valence-corrected chi connectivity index (χ4v) is 5.06. The average molecular weight is 424 g/mol. The maximum atomic E-state index is 15.4. The van der Waals surface area contributed by atoms with Crippen molar-refractivity contribution in [3.63, 3.8) is 0 Å². The summed E-state index contributed by atoms with van der Waals surface area (Å²) in [6, 6.07) is 0. The highest BCUT2D eigenvalue weighted by Crippen LogP contribution is 2.40. The van der Waals surface area contributed by atoms with Crippen LogP contribution in [0.3, 0.4) is 0 Å². The molecule has 2 unspecified atom stereocenters. The molecule has 0 saturated carbocycles. The van der Waals surface area contributed by atoms with Crippen molar-refractivity contribution in [3.8, 4) is 0 Å². The minimum Gasteiger partial charge on any atom is -0.423 e. The number of piperazine rings is 1. The molecule has 2 atom stereocenters. The molecule has 0 aromatic carbocycles. The van der Waals surface area contributed by atoms with Crippen LogP contribution in [0.5, 0.6) is 0 Å².